The molecule has 14 nitrogen and oxygen atoms in total. The number of nitrogens with one attached hydrogen (secondary N) is 2. The monoisotopic (exact) mass is 477 g/mol. The molecule has 1 heterocycles. The molecule has 33 heavy (non-hydrogen) atoms. The van der Waals surface area contributed by atoms with E-state index in [1.807, 2.05) is 0 Å². The van der Waals surface area contributed by atoms with Crippen LogP contribution in [-0.4, -0.2) is 101 Å². The van der Waals surface area contributed by atoms with Gasteiger partial charge in [0.2, 0.25) is 0 Å². The predicted octanol–water partition coefficient (Wildman–Crippen LogP) is -0.496. The molecule has 0 aliphatic carbocycles. The number of carbonyl (C=O) groups excluding carboxylic acids is 5. The summed E-state index contributed by atoms with van der Waals surface area (Å²) in [6.45, 7) is 0.712. The minimum Gasteiger partial charge on any atom is -0.447 e. The number of amides is 4. The Morgan fingerprint density at radius 2 is 1.36 bits per heavy atom. The second-order valence-corrected chi connectivity index (χ2v) is 6.66. The molecule has 0 radical (unpaired) electrons. The van der Waals surface area contributed by atoms with Gasteiger partial charge in [-0.15, -0.1) is 5.06 Å². The van der Waals surface area contributed by atoms with Crippen LogP contribution in [0, 0.1) is 0 Å². The Kier molecular flexibility index (Phi) is 14.1. The third-order valence-electron chi connectivity index (χ3n) is 4.07. The molecule has 0 unspecified atom stereocenters. The SMILES string of the molecule is COCCOC(=O)NCC(CNC(=O)OCCOC)OCCCC(=O)ON1C(=O)CCC1=O. The number of nitrogens with zero attached hydrogens (tertiary/aromatic N) is 1. The molecular formula is C19H31N3O11. The summed E-state index contributed by atoms with van der Waals surface area (Å²) in [4.78, 5) is 62.9. The molecular weight excluding hydrogens is 446 g/mol. The van der Waals surface area contributed by atoms with Crippen molar-refractivity contribution >= 4 is 30.0 Å². The average molecular weight is 477 g/mol. The summed E-state index contributed by atoms with van der Waals surface area (Å²) in [5, 5.41) is 5.47. The van der Waals surface area contributed by atoms with Gasteiger partial charge in [0.25, 0.3) is 11.8 Å². The maximum Gasteiger partial charge on any atom is 0.407 e. The molecule has 0 atom stereocenters. The Morgan fingerprint density at radius 1 is 0.848 bits per heavy atom. The quantitative estimate of drug-likeness (QED) is 0.217. The van der Waals surface area contributed by atoms with E-state index in [4.69, 9.17) is 28.5 Å². The van der Waals surface area contributed by atoms with Crippen LogP contribution in [0.15, 0.2) is 0 Å². The fraction of sp³-hybridized carbons (Fsp3) is 0.737. The van der Waals surface area contributed by atoms with Crippen LogP contribution in [0.2, 0.25) is 0 Å². The number of imide groups is 1. The highest BCUT2D eigenvalue weighted by Gasteiger charge is 2.32. The van der Waals surface area contributed by atoms with Gasteiger partial charge < -0.3 is 39.2 Å². The van der Waals surface area contributed by atoms with Crippen LogP contribution in [0.5, 0.6) is 0 Å². The summed E-state index contributed by atoms with van der Waals surface area (Å²) in [6.07, 6.45) is -1.91. The summed E-state index contributed by atoms with van der Waals surface area (Å²) in [6, 6.07) is 0. The van der Waals surface area contributed by atoms with Gasteiger partial charge in [-0.25, -0.2) is 14.4 Å². The van der Waals surface area contributed by atoms with Gasteiger partial charge in [-0.3, -0.25) is 9.59 Å². The van der Waals surface area contributed by atoms with E-state index in [1.165, 1.54) is 14.2 Å². The van der Waals surface area contributed by atoms with E-state index in [1.54, 1.807) is 0 Å². The van der Waals surface area contributed by atoms with Gasteiger partial charge in [-0.2, -0.15) is 0 Å². The van der Waals surface area contributed by atoms with Crippen LogP contribution in [0.1, 0.15) is 25.7 Å². The first kappa shape index (κ1) is 28.1. The topological polar surface area (TPSA) is 168 Å². The maximum absolute atomic E-state index is 11.8. The van der Waals surface area contributed by atoms with Gasteiger partial charge in [0.05, 0.1) is 25.7 Å². The molecule has 0 aromatic heterocycles. The van der Waals surface area contributed by atoms with E-state index in [0.717, 1.165) is 0 Å². The first-order valence-electron chi connectivity index (χ1n) is 10.3. The molecule has 1 aliphatic heterocycles. The molecule has 14 heteroatoms. The minimum absolute atomic E-state index is 0.00535. The number of hydrogen-bond donors (Lipinski definition) is 2. The van der Waals surface area contributed by atoms with E-state index in [9.17, 15) is 24.0 Å². The van der Waals surface area contributed by atoms with Crippen molar-refractivity contribution in [1.82, 2.24) is 15.7 Å². The molecule has 1 rings (SSSR count). The molecule has 1 aliphatic rings. The Hall–Kier alpha value is -2.97. The second kappa shape index (κ2) is 16.6. The van der Waals surface area contributed by atoms with Crippen molar-refractivity contribution in [2.45, 2.75) is 31.8 Å². The van der Waals surface area contributed by atoms with E-state index >= 15 is 0 Å². The largest absolute Gasteiger partial charge is 0.447 e. The molecule has 4 amide bonds. The highest BCUT2D eigenvalue weighted by molar-refractivity contribution is 6.01. The van der Waals surface area contributed by atoms with Gasteiger partial charge in [-0.1, -0.05) is 0 Å². The average Bonchev–Trinajstić information content (AvgIpc) is 3.10. The van der Waals surface area contributed by atoms with Crippen LogP contribution < -0.4 is 10.6 Å². The molecule has 188 valence electrons. The standard InChI is InChI=1S/C19H31N3O11/c1-28-8-10-31-18(26)20-12-14(13-21-19(27)32-11-9-29-2)30-7-3-4-17(25)33-22-15(23)5-6-16(22)24/h14H,3-13H2,1-2H3,(H,20,26)(H,21,27). The van der Waals surface area contributed by atoms with E-state index < -0.39 is 36.1 Å². The third kappa shape index (κ3) is 12.6. The van der Waals surface area contributed by atoms with E-state index in [-0.39, 0.29) is 71.8 Å². The van der Waals surface area contributed by atoms with Gasteiger partial charge in [0, 0.05) is 46.8 Å². The molecule has 1 saturated heterocycles. The predicted molar refractivity (Wildman–Crippen MR) is 109 cm³/mol. The first-order valence-corrected chi connectivity index (χ1v) is 10.3. The summed E-state index contributed by atoms with van der Waals surface area (Å²) in [5.74, 6) is -1.87. The molecule has 0 aromatic carbocycles. The van der Waals surface area contributed by atoms with Crippen LogP contribution in [0.3, 0.4) is 0 Å². The molecule has 0 aromatic rings. The third-order valence-corrected chi connectivity index (χ3v) is 4.07. The van der Waals surface area contributed by atoms with Crippen molar-refractivity contribution in [3.8, 4) is 0 Å². The maximum atomic E-state index is 11.8. The van der Waals surface area contributed by atoms with Crippen molar-refractivity contribution in [3.05, 3.63) is 0 Å². The van der Waals surface area contributed by atoms with Crippen LogP contribution >= 0.6 is 0 Å². The van der Waals surface area contributed by atoms with Crippen molar-refractivity contribution in [2.75, 3.05) is 60.3 Å². The molecule has 1 fully saturated rings. The van der Waals surface area contributed by atoms with Gasteiger partial charge in [-0.05, 0) is 6.42 Å². The number of rotatable bonds is 16. The zero-order valence-corrected chi connectivity index (χ0v) is 18.8. The fourth-order valence-electron chi connectivity index (χ4n) is 2.39. The lowest BCUT2D eigenvalue weighted by Gasteiger charge is -2.19. The summed E-state index contributed by atoms with van der Waals surface area (Å²) in [7, 11) is 2.94. The Morgan fingerprint density at radius 3 is 1.85 bits per heavy atom. The van der Waals surface area contributed by atoms with Gasteiger partial charge in [0.1, 0.15) is 13.2 Å². The fourth-order valence-corrected chi connectivity index (χ4v) is 2.39. The Balaban J connectivity index is 2.38. The van der Waals surface area contributed by atoms with Crippen LogP contribution in [-0.2, 0) is 42.9 Å². The number of ether oxygens (including phenoxy) is 5. The molecule has 2 N–H and O–H groups in total. The lowest BCUT2D eigenvalue weighted by Crippen LogP contribution is -2.42. The number of alkyl carbamates (subject to hydrolysis) is 2. The summed E-state index contributed by atoms with van der Waals surface area (Å²) < 4.78 is 24.9. The number of hydrogen-bond acceptors (Lipinski definition) is 11. The van der Waals surface area contributed by atoms with E-state index in [0.29, 0.717) is 5.06 Å². The number of hydroxylamine groups is 2. The Labute approximate surface area is 191 Å². The van der Waals surface area contributed by atoms with Crippen molar-refractivity contribution in [1.29, 1.82) is 0 Å². The molecule has 0 spiro atoms. The lowest BCUT2D eigenvalue weighted by atomic mass is 10.3. The zero-order valence-electron chi connectivity index (χ0n) is 18.8. The second-order valence-electron chi connectivity index (χ2n) is 6.66. The molecule has 0 saturated carbocycles. The summed E-state index contributed by atoms with van der Waals surface area (Å²) >= 11 is 0. The first-order chi connectivity index (χ1) is 15.9. The van der Waals surface area contributed by atoms with Crippen LogP contribution in [0.25, 0.3) is 0 Å². The summed E-state index contributed by atoms with van der Waals surface area (Å²) in [5.41, 5.74) is 0. The van der Waals surface area contributed by atoms with Gasteiger partial charge in [0.15, 0.2) is 0 Å². The van der Waals surface area contributed by atoms with Crippen molar-refractivity contribution < 1.29 is 52.5 Å². The van der Waals surface area contributed by atoms with Crippen molar-refractivity contribution in [2.24, 2.45) is 0 Å². The number of methoxy groups -OCH3 is 2. The highest BCUT2D eigenvalue weighted by atomic mass is 16.7. The molecule has 0 bridgehead atoms. The zero-order chi connectivity index (χ0) is 24.5. The number of carbonyl (C=O) groups is 5. The minimum atomic E-state index is -0.751. The Bertz CT molecular complexity index is 617. The normalized spacial score (nSPS) is 13.2. The van der Waals surface area contributed by atoms with Crippen LogP contribution in [0.4, 0.5) is 9.59 Å². The van der Waals surface area contributed by atoms with Crippen molar-refractivity contribution in [3.63, 3.8) is 0 Å². The lowest BCUT2D eigenvalue weighted by molar-refractivity contribution is -0.197. The highest BCUT2D eigenvalue weighted by Crippen LogP contribution is 2.13. The van der Waals surface area contributed by atoms with E-state index in [2.05, 4.69) is 10.6 Å². The smallest absolute Gasteiger partial charge is 0.407 e. The van der Waals surface area contributed by atoms with Gasteiger partial charge >= 0.3 is 18.2 Å².